The number of hydrogen-bond donors (Lipinski definition) is 7. The zero-order valence-electron chi connectivity index (χ0n) is 28.2. The van der Waals surface area contributed by atoms with E-state index in [0.717, 1.165) is 5.56 Å². The minimum atomic E-state index is -1.70. The molecule has 270 valence electrons. The van der Waals surface area contributed by atoms with Crippen molar-refractivity contribution < 1.29 is 59.2 Å². The van der Waals surface area contributed by atoms with Crippen LogP contribution >= 0.6 is 0 Å². The Balaban J connectivity index is 1.54. The van der Waals surface area contributed by atoms with Crippen LogP contribution in [0.25, 0.3) is 12.2 Å². The van der Waals surface area contributed by atoms with Gasteiger partial charge >= 0.3 is 5.97 Å². The van der Waals surface area contributed by atoms with E-state index in [0.29, 0.717) is 37.9 Å². The Kier molecular flexibility index (Phi) is 10.7. The maximum atomic E-state index is 14.7. The number of hydrogen-bond acceptors (Lipinski definition) is 13. The third-order valence-corrected chi connectivity index (χ3v) is 9.66. The molecule has 7 N–H and O–H groups in total. The number of rotatable bonds is 9. The van der Waals surface area contributed by atoms with Crippen molar-refractivity contribution in [3.63, 3.8) is 0 Å². The number of aliphatic hydroxyl groups excluding tert-OH is 5. The molecule has 5 atom stereocenters. The standard InChI is InChI=1S/C38H41NO12/c1-18-32(43)36(47)37(48)38(49-18)51-27-16-25-31(34(45)28(27)22-8-11-39-12-9-22)35(46)29-23(17-41)15-26(50-19(2)42)24(30(29)33(25)44)7-6-20-4-3-5-21(14-20)10-13-40/h3-7,14-16,18,22,32,36-41,43,45,47-48H,8-13,17H2,1-2H3. The molecule has 0 aromatic heterocycles. The summed E-state index contributed by atoms with van der Waals surface area (Å²) in [5.74, 6) is -3.15. The SMILES string of the molecule is CC(=O)Oc1cc(CO)c2c(c1C=Cc1cccc(CCO)c1)C(=O)c1cc(OC3OC(C)C(O)C(O)C3O)c(C3CCNCC3)c(O)c1C2=O. The molecule has 2 heterocycles. The highest BCUT2D eigenvalue weighted by molar-refractivity contribution is 6.31. The molecule has 0 radical (unpaired) electrons. The number of fused-ring (bicyclic) bond motifs is 2. The lowest BCUT2D eigenvalue weighted by atomic mass is 9.76. The first-order chi connectivity index (χ1) is 24.4. The maximum Gasteiger partial charge on any atom is 0.308 e. The molecule has 1 aliphatic carbocycles. The number of aliphatic hydroxyl groups is 5. The Morgan fingerprint density at radius 2 is 1.69 bits per heavy atom. The van der Waals surface area contributed by atoms with Crippen molar-refractivity contribution in [1.29, 1.82) is 0 Å². The number of carbonyl (C=O) groups is 3. The highest BCUT2D eigenvalue weighted by Crippen LogP contribution is 2.48. The monoisotopic (exact) mass is 703 g/mol. The van der Waals surface area contributed by atoms with Crippen LogP contribution in [-0.4, -0.2) is 98.6 Å². The van der Waals surface area contributed by atoms with Crippen LogP contribution in [0, 0.1) is 0 Å². The van der Waals surface area contributed by atoms with Crippen molar-refractivity contribution in [3.05, 3.63) is 86.5 Å². The first kappa shape index (κ1) is 36.3. The Morgan fingerprint density at radius 3 is 2.37 bits per heavy atom. The summed E-state index contributed by atoms with van der Waals surface area (Å²) in [4.78, 5) is 41.4. The molecule has 0 bridgehead atoms. The second-order valence-electron chi connectivity index (χ2n) is 13.0. The average Bonchev–Trinajstić information content (AvgIpc) is 3.11. The summed E-state index contributed by atoms with van der Waals surface area (Å²) >= 11 is 0. The summed E-state index contributed by atoms with van der Waals surface area (Å²) in [6.07, 6.45) is -2.48. The van der Waals surface area contributed by atoms with Gasteiger partial charge in [-0.05, 0) is 80.1 Å². The number of carbonyl (C=O) groups excluding carboxylic acids is 3. The first-order valence-corrected chi connectivity index (χ1v) is 16.9. The van der Waals surface area contributed by atoms with Crippen molar-refractivity contribution in [2.75, 3.05) is 19.7 Å². The lowest BCUT2D eigenvalue weighted by Gasteiger charge is -2.39. The summed E-state index contributed by atoms with van der Waals surface area (Å²) < 4.78 is 17.3. The van der Waals surface area contributed by atoms with Crippen LogP contribution in [0.3, 0.4) is 0 Å². The number of aromatic hydroxyl groups is 1. The summed E-state index contributed by atoms with van der Waals surface area (Å²) in [6, 6.07) is 9.89. The van der Waals surface area contributed by atoms with Crippen molar-refractivity contribution in [2.24, 2.45) is 0 Å². The number of phenolic OH excluding ortho intramolecular Hbond substituents is 1. The van der Waals surface area contributed by atoms with Gasteiger partial charge in [0.1, 0.15) is 35.6 Å². The van der Waals surface area contributed by atoms with E-state index in [1.54, 1.807) is 18.2 Å². The van der Waals surface area contributed by atoms with Crippen LogP contribution in [-0.2, 0) is 22.6 Å². The number of benzene rings is 3. The Labute approximate surface area is 293 Å². The van der Waals surface area contributed by atoms with Gasteiger partial charge in [0.05, 0.1) is 18.3 Å². The van der Waals surface area contributed by atoms with Crippen molar-refractivity contribution in [3.8, 4) is 17.2 Å². The quantitative estimate of drug-likeness (QED) is 0.0756. The summed E-state index contributed by atoms with van der Waals surface area (Å²) in [5, 5.41) is 66.5. The molecule has 2 fully saturated rings. The number of ether oxygens (including phenoxy) is 3. The average molecular weight is 704 g/mol. The molecule has 5 unspecified atom stereocenters. The molecule has 13 heteroatoms. The molecule has 13 nitrogen and oxygen atoms in total. The van der Waals surface area contributed by atoms with E-state index < -0.39 is 60.6 Å². The van der Waals surface area contributed by atoms with E-state index in [2.05, 4.69) is 5.32 Å². The van der Waals surface area contributed by atoms with Gasteiger partial charge in [-0.2, -0.15) is 0 Å². The van der Waals surface area contributed by atoms with Gasteiger partial charge in [-0.3, -0.25) is 14.4 Å². The summed E-state index contributed by atoms with van der Waals surface area (Å²) in [7, 11) is 0. The van der Waals surface area contributed by atoms with Crippen LogP contribution in [0.4, 0.5) is 0 Å². The van der Waals surface area contributed by atoms with Gasteiger partial charge in [0.2, 0.25) is 6.29 Å². The molecular formula is C38H41NO12. The molecule has 3 aromatic carbocycles. The lowest BCUT2D eigenvalue weighted by molar-refractivity contribution is -0.268. The van der Waals surface area contributed by atoms with E-state index in [9.17, 15) is 45.0 Å². The summed E-state index contributed by atoms with van der Waals surface area (Å²) in [5.41, 5.74) is 1.01. The van der Waals surface area contributed by atoms with Gasteiger partial charge < -0.3 is 50.2 Å². The molecule has 6 rings (SSSR count). The Bertz CT molecular complexity index is 1880. The molecule has 51 heavy (non-hydrogen) atoms. The minimum Gasteiger partial charge on any atom is -0.507 e. The zero-order chi connectivity index (χ0) is 36.6. The van der Waals surface area contributed by atoms with Crippen molar-refractivity contribution in [2.45, 2.75) is 76.3 Å². The number of piperidine rings is 1. The third-order valence-electron chi connectivity index (χ3n) is 9.66. The number of phenols is 1. The molecule has 0 spiro atoms. The van der Waals surface area contributed by atoms with Crippen molar-refractivity contribution >= 4 is 29.7 Å². The zero-order valence-corrected chi connectivity index (χ0v) is 28.2. The highest BCUT2D eigenvalue weighted by Gasteiger charge is 2.45. The summed E-state index contributed by atoms with van der Waals surface area (Å²) in [6.45, 7) is 3.10. The second-order valence-corrected chi connectivity index (χ2v) is 13.0. The van der Waals surface area contributed by atoms with Crippen LogP contribution in [0.2, 0.25) is 0 Å². The van der Waals surface area contributed by atoms with Gasteiger partial charge in [-0.15, -0.1) is 0 Å². The van der Waals surface area contributed by atoms with Gasteiger partial charge in [-0.1, -0.05) is 30.3 Å². The fraction of sp³-hybridized carbons (Fsp3) is 0.395. The smallest absolute Gasteiger partial charge is 0.308 e. The second kappa shape index (κ2) is 15.0. The Morgan fingerprint density at radius 1 is 0.941 bits per heavy atom. The minimum absolute atomic E-state index is 0.00995. The first-order valence-electron chi connectivity index (χ1n) is 16.9. The predicted molar refractivity (Wildman–Crippen MR) is 183 cm³/mol. The van der Waals surface area contributed by atoms with Gasteiger partial charge in [0, 0.05) is 41.3 Å². The molecule has 0 saturated carbocycles. The molecule has 0 amide bonds. The van der Waals surface area contributed by atoms with E-state index in [1.165, 1.54) is 32.1 Å². The van der Waals surface area contributed by atoms with E-state index in [-0.39, 0.29) is 63.0 Å². The van der Waals surface area contributed by atoms with Gasteiger partial charge in [0.15, 0.2) is 11.6 Å². The van der Waals surface area contributed by atoms with E-state index in [4.69, 9.17) is 14.2 Å². The van der Waals surface area contributed by atoms with Crippen LogP contribution < -0.4 is 14.8 Å². The van der Waals surface area contributed by atoms with Crippen LogP contribution in [0.5, 0.6) is 17.2 Å². The molecular weight excluding hydrogens is 662 g/mol. The number of esters is 1. The topological polar surface area (TPSA) is 212 Å². The number of ketones is 2. The molecule has 3 aromatic rings. The highest BCUT2D eigenvalue weighted by atomic mass is 16.7. The fourth-order valence-electron chi connectivity index (χ4n) is 7.08. The molecule has 3 aliphatic rings. The van der Waals surface area contributed by atoms with Crippen molar-refractivity contribution in [1.82, 2.24) is 5.32 Å². The Hall–Kier alpha value is -4.47. The third kappa shape index (κ3) is 6.94. The lowest BCUT2D eigenvalue weighted by Crippen LogP contribution is -2.58. The maximum absolute atomic E-state index is 14.7. The van der Waals surface area contributed by atoms with Gasteiger partial charge in [-0.25, -0.2) is 0 Å². The normalized spacial score (nSPS) is 23.6. The van der Waals surface area contributed by atoms with E-state index in [1.807, 2.05) is 12.1 Å². The van der Waals surface area contributed by atoms with Crippen LogP contribution in [0.15, 0.2) is 36.4 Å². The van der Waals surface area contributed by atoms with Crippen LogP contribution in [0.1, 0.15) is 92.3 Å². The van der Waals surface area contributed by atoms with E-state index >= 15 is 0 Å². The number of nitrogens with one attached hydrogen (secondary N) is 1. The predicted octanol–water partition coefficient (Wildman–Crippen LogP) is 1.96. The fourth-order valence-corrected chi connectivity index (χ4v) is 7.08. The molecule has 2 saturated heterocycles. The molecule has 2 aliphatic heterocycles. The largest absolute Gasteiger partial charge is 0.507 e. The van der Waals surface area contributed by atoms with Gasteiger partial charge in [0.25, 0.3) is 0 Å².